The predicted molar refractivity (Wildman–Crippen MR) is 211 cm³/mol. The monoisotopic (exact) mass is 736 g/mol. The number of allylic oxidation sites excluding steroid dienone is 7. The lowest BCUT2D eigenvalue weighted by Crippen LogP contribution is -2.22. The zero-order chi connectivity index (χ0) is 39.8. The highest BCUT2D eigenvalue weighted by Gasteiger charge is 2.38. The summed E-state index contributed by atoms with van der Waals surface area (Å²) in [6.45, 7) is 16.9. The molecule has 0 fully saturated rings. The number of esters is 2. The lowest BCUT2D eigenvalue weighted by atomic mass is 9.76. The van der Waals surface area contributed by atoms with Crippen LogP contribution in [0.5, 0.6) is 0 Å². The molecule has 3 aromatic rings. The predicted octanol–water partition coefficient (Wildman–Crippen LogP) is 8.58. The van der Waals surface area contributed by atoms with Crippen molar-refractivity contribution in [1.29, 1.82) is 0 Å². The number of non-ortho nitro benzene ring substituents is 2. The first-order chi connectivity index (χ1) is 25.5. The highest BCUT2D eigenvalue weighted by atomic mass is 16.6. The number of carbonyl (C=O) groups is 2. The van der Waals surface area contributed by atoms with Gasteiger partial charge in [-0.25, -0.2) is 0 Å². The van der Waals surface area contributed by atoms with E-state index in [4.69, 9.17) is 9.47 Å². The molecule has 0 spiro atoms. The second-order valence-electron chi connectivity index (χ2n) is 14.1. The molecule has 0 aromatic heterocycles. The van der Waals surface area contributed by atoms with Crippen LogP contribution >= 0.6 is 0 Å². The van der Waals surface area contributed by atoms with Gasteiger partial charge in [0.25, 0.3) is 11.4 Å². The van der Waals surface area contributed by atoms with Crippen LogP contribution in [-0.4, -0.2) is 42.0 Å². The highest BCUT2D eigenvalue weighted by Crippen LogP contribution is 2.47. The normalized spacial score (nSPS) is 14.4. The second kappa shape index (κ2) is 17.2. The first-order valence-electron chi connectivity index (χ1n) is 17.7. The van der Waals surface area contributed by atoms with E-state index in [0.717, 1.165) is 45.3 Å². The van der Waals surface area contributed by atoms with E-state index in [9.17, 15) is 29.8 Å². The number of nitrogens with one attached hydrogen (secondary N) is 1. The average molecular weight is 737 g/mol. The third kappa shape index (κ3) is 9.49. The Kier molecular flexibility index (Phi) is 13.0. The zero-order valence-corrected chi connectivity index (χ0v) is 31.9. The molecule has 0 unspecified atom stereocenters. The van der Waals surface area contributed by atoms with Gasteiger partial charge in [0.05, 0.1) is 42.0 Å². The molecule has 3 aromatic carbocycles. The molecule has 0 radical (unpaired) electrons. The Hall–Kier alpha value is -6.04. The molecule has 12 nitrogen and oxygen atoms in total. The van der Waals surface area contributed by atoms with Crippen LogP contribution in [0.2, 0.25) is 0 Å². The number of fused-ring (bicyclic) bond motifs is 1. The fourth-order valence-corrected chi connectivity index (χ4v) is 6.55. The van der Waals surface area contributed by atoms with Crippen LogP contribution < -0.4 is 10.2 Å². The number of hydrogen-bond acceptors (Lipinski definition) is 10. The molecular formula is C42H48N4O8. The van der Waals surface area contributed by atoms with Crippen LogP contribution in [0.3, 0.4) is 0 Å². The summed E-state index contributed by atoms with van der Waals surface area (Å²) in [5.74, 6) is -0.609. The molecule has 0 aliphatic carbocycles. The van der Waals surface area contributed by atoms with Crippen molar-refractivity contribution in [3.63, 3.8) is 0 Å². The second-order valence-corrected chi connectivity index (χ2v) is 14.1. The van der Waals surface area contributed by atoms with Gasteiger partial charge in [-0.05, 0) is 65.4 Å². The van der Waals surface area contributed by atoms with E-state index in [1.807, 2.05) is 69.5 Å². The first kappa shape index (κ1) is 40.7. The summed E-state index contributed by atoms with van der Waals surface area (Å²) >= 11 is 0. The van der Waals surface area contributed by atoms with Gasteiger partial charge in [-0.15, -0.1) is 0 Å². The molecule has 4 rings (SSSR count). The first-order valence-corrected chi connectivity index (χ1v) is 17.7. The van der Waals surface area contributed by atoms with Crippen molar-refractivity contribution in [3.8, 4) is 0 Å². The van der Waals surface area contributed by atoms with Crippen molar-refractivity contribution >= 4 is 34.7 Å². The van der Waals surface area contributed by atoms with Gasteiger partial charge in [-0.3, -0.25) is 29.8 Å². The number of likely N-dealkylation sites (N-methyl/N-ethyl adjacent to an activating group) is 1. The Morgan fingerprint density at radius 3 is 2.00 bits per heavy atom. The molecule has 1 heterocycles. The third-order valence-electron chi connectivity index (χ3n) is 9.61. The molecule has 0 saturated heterocycles. The highest BCUT2D eigenvalue weighted by molar-refractivity contribution is 5.76. The minimum atomic E-state index is -0.666. The van der Waals surface area contributed by atoms with Crippen molar-refractivity contribution in [2.75, 3.05) is 30.5 Å². The van der Waals surface area contributed by atoms with Gasteiger partial charge >= 0.3 is 11.9 Å². The van der Waals surface area contributed by atoms with Gasteiger partial charge in [0.2, 0.25) is 0 Å². The van der Waals surface area contributed by atoms with Crippen molar-refractivity contribution in [2.24, 2.45) is 0 Å². The topological polar surface area (TPSA) is 154 Å². The number of benzene rings is 3. The maximum absolute atomic E-state index is 12.4. The minimum Gasteiger partial charge on any atom is -0.466 e. The molecule has 0 amide bonds. The van der Waals surface area contributed by atoms with E-state index in [1.165, 1.54) is 12.1 Å². The largest absolute Gasteiger partial charge is 0.466 e. The third-order valence-corrected chi connectivity index (χ3v) is 9.61. The Morgan fingerprint density at radius 1 is 0.852 bits per heavy atom. The van der Waals surface area contributed by atoms with Crippen LogP contribution in [0, 0.1) is 20.2 Å². The van der Waals surface area contributed by atoms with Crippen LogP contribution in [0.25, 0.3) is 0 Å². The SMILES string of the molecule is C=C(C=CC=CC=C1N(C)c2ccc(CC(=O)OCC)cc2C1(C)C)C(C)(C)c1cc(CC(=O)OCC)ccc1NCc1cc([N+](=O)[O-])cc([N+](=O)[O-])c1. The number of rotatable bonds is 16. The van der Waals surface area contributed by atoms with Crippen molar-refractivity contribution < 1.29 is 28.9 Å². The maximum Gasteiger partial charge on any atom is 0.310 e. The van der Waals surface area contributed by atoms with Gasteiger partial charge in [0.15, 0.2) is 0 Å². The van der Waals surface area contributed by atoms with E-state index in [1.54, 1.807) is 19.9 Å². The molecule has 54 heavy (non-hydrogen) atoms. The smallest absolute Gasteiger partial charge is 0.310 e. The molecule has 12 heteroatoms. The summed E-state index contributed by atoms with van der Waals surface area (Å²) in [7, 11) is 2.03. The maximum atomic E-state index is 12.4. The van der Waals surface area contributed by atoms with Crippen LogP contribution in [0.1, 0.15) is 69.4 Å². The lowest BCUT2D eigenvalue weighted by Gasteiger charge is -2.30. The lowest BCUT2D eigenvalue weighted by molar-refractivity contribution is -0.394. The van der Waals surface area contributed by atoms with Gasteiger partial charge < -0.3 is 19.7 Å². The van der Waals surface area contributed by atoms with Crippen molar-refractivity contribution in [1.82, 2.24) is 0 Å². The summed E-state index contributed by atoms with van der Waals surface area (Å²) in [6, 6.07) is 15.1. The van der Waals surface area contributed by atoms with Crippen molar-refractivity contribution in [2.45, 2.75) is 71.8 Å². The molecule has 1 N–H and O–H groups in total. The van der Waals surface area contributed by atoms with Gasteiger partial charge in [-0.2, -0.15) is 0 Å². The number of anilines is 2. The number of nitro benzene ring substituents is 2. The van der Waals surface area contributed by atoms with Crippen LogP contribution in [-0.2, 0) is 49.3 Å². The van der Waals surface area contributed by atoms with E-state index >= 15 is 0 Å². The summed E-state index contributed by atoms with van der Waals surface area (Å²) in [5, 5.41) is 26.2. The van der Waals surface area contributed by atoms with Gasteiger partial charge in [-0.1, -0.05) is 82.8 Å². The molecule has 0 saturated carbocycles. The van der Waals surface area contributed by atoms with Crippen LogP contribution in [0.15, 0.2) is 103 Å². The molecular weight excluding hydrogens is 688 g/mol. The number of ether oxygens (including phenoxy) is 2. The summed E-state index contributed by atoms with van der Waals surface area (Å²) in [5.41, 5.74) is 5.84. The van der Waals surface area contributed by atoms with Crippen LogP contribution in [0.4, 0.5) is 22.7 Å². The average Bonchev–Trinajstić information content (AvgIpc) is 3.30. The fraction of sp³-hybridized carbons (Fsp3) is 0.333. The zero-order valence-electron chi connectivity index (χ0n) is 31.9. The molecule has 284 valence electrons. The summed E-state index contributed by atoms with van der Waals surface area (Å²) in [6.07, 6.45) is 10.1. The summed E-state index contributed by atoms with van der Waals surface area (Å²) in [4.78, 5) is 48.2. The van der Waals surface area contributed by atoms with Crippen molar-refractivity contribution in [3.05, 3.63) is 151 Å². The number of nitrogens with zero attached hydrogens (tertiary/aromatic N) is 3. The Labute approximate surface area is 316 Å². The molecule has 1 aliphatic rings. The number of carbonyl (C=O) groups excluding carboxylic acids is 2. The minimum absolute atomic E-state index is 0.0648. The Bertz CT molecular complexity index is 2010. The molecule has 1 aliphatic heterocycles. The van der Waals surface area contributed by atoms with E-state index in [2.05, 4.69) is 42.8 Å². The molecule has 0 atom stereocenters. The fourth-order valence-electron chi connectivity index (χ4n) is 6.55. The van der Waals surface area contributed by atoms with E-state index < -0.39 is 15.3 Å². The van der Waals surface area contributed by atoms with E-state index in [-0.39, 0.29) is 54.7 Å². The Balaban J connectivity index is 1.57. The van der Waals surface area contributed by atoms with Gasteiger partial charge in [0, 0.05) is 53.6 Å². The summed E-state index contributed by atoms with van der Waals surface area (Å²) < 4.78 is 10.3. The quantitative estimate of drug-likeness (QED) is 0.0655. The van der Waals surface area contributed by atoms with Gasteiger partial charge in [0.1, 0.15) is 0 Å². The Morgan fingerprint density at radius 2 is 1.43 bits per heavy atom. The number of nitro groups is 2. The molecule has 0 bridgehead atoms. The number of hydrogen-bond donors (Lipinski definition) is 1. The van der Waals surface area contributed by atoms with E-state index in [0.29, 0.717) is 17.9 Å². The standard InChI is InChI=1S/C42H48N4O8/c1-9-53-39(47)24-29-16-18-36(43-27-31-20-32(45(49)50)26-33(21-31)46(51)52)34(22-29)41(4,5)28(3)14-12-11-13-15-38-42(6,7)35-23-30(25-40(48)54-10-2)17-19-37(35)44(38)8/h11-23,26,43H,3,9-10,24-25,27H2,1-2,4-8H3.